The highest BCUT2D eigenvalue weighted by atomic mass is 16.3. The molecule has 0 bridgehead atoms. The van der Waals surface area contributed by atoms with Gasteiger partial charge in [-0.2, -0.15) is 0 Å². The molecule has 2 aromatic heterocycles. The lowest BCUT2D eigenvalue weighted by molar-refractivity contribution is -0.660. The van der Waals surface area contributed by atoms with E-state index in [4.69, 9.17) is 4.42 Å². The zero-order chi connectivity index (χ0) is 21.5. The van der Waals surface area contributed by atoms with Gasteiger partial charge in [0.05, 0.1) is 5.56 Å². The van der Waals surface area contributed by atoms with Crippen molar-refractivity contribution in [3.05, 3.63) is 89.1 Å². The lowest BCUT2D eigenvalue weighted by atomic mass is 9.80. The Kier molecular flexibility index (Phi) is 3.60. The number of rotatable bonds is 1. The van der Waals surface area contributed by atoms with Gasteiger partial charge in [0.25, 0.3) is 0 Å². The van der Waals surface area contributed by atoms with Gasteiger partial charge in [-0.25, -0.2) is 4.57 Å². The van der Waals surface area contributed by atoms with Gasteiger partial charge in [0.1, 0.15) is 18.2 Å². The van der Waals surface area contributed by atoms with Crippen LogP contribution in [0.25, 0.3) is 44.3 Å². The van der Waals surface area contributed by atoms with Crippen LogP contribution in [0.3, 0.4) is 0 Å². The van der Waals surface area contributed by atoms with Gasteiger partial charge in [0, 0.05) is 28.3 Å². The average Bonchev–Trinajstić information content (AvgIpc) is 3.23. The van der Waals surface area contributed by atoms with E-state index in [1.54, 1.807) is 0 Å². The van der Waals surface area contributed by atoms with Gasteiger partial charge in [-0.3, -0.25) is 0 Å². The minimum Gasteiger partial charge on any atom is -0.455 e. The predicted octanol–water partition coefficient (Wildman–Crippen LogP) is 7.00. The Hall–Kier alpha value is -3.39. The first-order chi connectivity index (χ1) is 14.9. The number of fused-ring (bicyclic) bond motifs is 7. The number of aromatic nitrogens is 1. The Morgan fingerprint density at radius 2 is 1.68 bits per heavy atom. The minimum atomic E-state index is -0.0682. The standard InChI is InChI=1S/C29H26NO/c1-17-14-15-30(5)23(16-17)25-18(2)10-11-21-26-24(31-28(21)25)13-12-20-19-8-6-7-9-22(19)29(3,4)27(20)26/h6-16H,1-5H3/q+1. The maximum Gasteiger partial charge on any atom is 0.216 e. The van der Waals surface area contributed by atoms with Gasteiger partial charge in [-0.1, -0.05) is 56.3 Å². The fourth-order valence-electron chi connectivity index (χ4n) is 5.54. The molecule has 2 heteroatoms. The molecule has 0 amide bonds. The van der Waals surface area contributed by atoms with Crippen LogP contribution < -0.4 is 4.57 Å². The molecule has 0 N–H and O–H groups in total. The first-order valence-corrected chi connectivity index (χ1v) is 10.9. The summed E-state index contributed by atoms with van der Waals surface area (Å²) in [4.78, 5) is 0. The lowest BCUT2D eigenvalue weighted by Crippen LogP contribution is -2.30. The summed E-state index contributed by atoms with van der Waals surface area (Å²) in [7, 11) is 2.10. The Morgan fingerprint density at radius 3 is 2.52 bits per heavy atom. The van der Waals surface area contributed by atoms with E-state index >= 15 is 0 Å². The highest BCUT2D eigenvalue weighted by Crippen LogP contribution is 2.53. The highest BCUT2D eigenvalue weighted by molar-refractivity contribution is 6.14. The number of pyridine rings is 1. The van der Waals surface area contributed by atoms with Crippen molar-refractivity contribution >= 4 is 21.9 Å². The fourth-order valence-corrected chi connectivity index (χ4v) is 5.54. The lowest BCUT2D eigenvalue weighted by Gasteiger charge is -2.22. The molecule has 152 valence electrons. The summed E-state index contributed by atoms with van der Waals surface area (Å²) in [5, 5.41) is 2.46. The molecule has 0 radical (unpaired) electrons. The van der Waals surface area contributed by atoms with Crippen molar-refractivity contribution in [2.75, 3.05) is 0 Å². The number of nitrogens with zero attached hydrogens (tertiary/aromatic N) is 1. The Morgan fingerprint density at radius 1 is 0.871 bits per heavy atom. The van der Waals surface area contributed by atoms with Crippen molar-refractivity contribution in [3.63, 3.8) is 0 Å². The first kappa shape index (κ1) is 18.4. The van der Waals surface area contributed by atoms with E-state index in [9.17, 15) is 0 Å². The van der Waals surface area contributed by atoms with E-state index in [0.29, 0.717) is 0 Å². The zero-order valence-electron chi connectivity index (χ0n) is 18.7. The van der Waals surface area contributed by atoms with E-state index in [-0.39, 0.29) is 5.41 Å². The zero-order valence-corrected chi connectivity index (χ0v) is 18.7. The molecule has 0 aliphatic heterocycles. The molecule has 0 spiro atoms. The van der Waals surface area contributed by atoms with Gasteiger partial charge < -0.3 is 4.42 Å². The van der Waals surface area contributed by atoms with Crippen molar-refractivity contribution in [1.82, 2.24) is 0 Å². The van der Waals surface area contributed by atoms with E-state index < -0.39 is 0 Å². The summed E-state index contributed by atoms with van der Waals surface area (Å²) in [5.74, 6) is 0. The molecule has 0 saturated carbocycles. The van der Waals surface area contributed by atoms with Crippen LogP contribution >= 0.6 is 0 Å². The van der Waals surface area contributed by atoms with Crippen molar-refractivity contribution in [3.8, 4) is 22.4 Å². The Labute approximate surface area is 182 Å². The number of aryl methyl sites for hydroxylation is 3. The second-order valence-corrected chi connectivity index (χ2v) is 9.47. The van der Waals surface area contributed by atoms with E-state index in [0.717, 1.165) is 11.2 Å². The molecule has 0 saturated heterocycles. The molecular formula is C29H26NO+. The van der Waals surface area contributed by atoms with Gasteiger partial charge in [-0.15, -0.1) is 0 Å². The summed E-state index contributed by atoms with van der Waals surface area (Å²) < 4.78 is 8.80. The number of furan rings is 1. The molecule has 1 aliphatic rings. The van der Waals surface area contributed by atoms with Crippen molar-refractivity contribution in [1.29, 1.82) is 0 Å². The highest BCUT2D eigenvalue weighted by Gasteiger charge is 2.38. The van der Waals surface area contributed by atoms with Gasteiger partial charge >= 0.3 is 0 Å². The number of hydrogen-bond acceptors (Lipinski definition) is 1. The largest absolute Gasteiger partial charge is 0.455 e. The topological polar surface area (TPSA) is 17.0 Å². The second kappa shape index (κ2) is 6.07. The van der Waals surface area contributed by atoms with E-state index in [1.807, 2.05) is 0 Å². The molecular weight excluding hydrogens is 378 g/mol. The summed E-state index contributed by atoms with van der Waals surface area (Å²) in [6.07, 6.45) is 2.13. The Bertz CT molecular complexity index is 1530. The molecule has 2 nitrogen and oxygen atoms in total. The number of hydrogen-bond donors (Lipinski definition) is 0. The maximum absolute atomic E-state index is 6.62. The summed E-state index contributed by atoms with van der Waals surface area (Å²) >= 11 is 0. The molecule has 3 aromatic carbocycles. The van der Waals surface area contributed by atoms with Crippen LogP contribution in [-0.4, -0.2) is 0 Å². The SMILES string of the molecule is Cc1cc[n+](C)c(-c2c(C)ccc3c2oc2ccc4c(c23)C(C)(C)c2ccccc2-4)c1. The van der Waals surface area contributed by atoms with Crippen molar-refractivity contribution in [2.24, 2.45) is 7.05 Å². The van der Waals surface area contributed by atoms with Crippen LogP contribution in [0.5, 0.6) is 0 Å². The van der Waals surface area contributed by atoms with Crippen LogP contribution in [0.1, 0.15) is 36.1 Å². The third kappa shape index (κ3) is 2.36. The van der Waals surface area contributed by atoms with Gasteiger partial charge in [0.15, 0.2) is 6.20 Å². The molecule has 0 atom stereocenters. The van der Waals surface area contributed by atoms with Crippen molar-refractivity contribution in [2.45, 2.75) is 33.1 Å². The smallest absolute Gasteiger partial charge is 0.216 e. The number of benzene rings is 3. The van der Waals surface area contributed by atoms with E-state index in [1.165, 1.54) is 55.4 Å². The summed E-state index contributed by atoms with van der Waals surface area (Å²) in [5.41, 5.74) is 12.2. The summed E-state index contributed by atoms with van der Waals surface area (Å²) in [6.45, 7) is 9.00. The minimum absolute atomic E-state index is 0.0682. The molecule has 31 heavy (non-hydrogen) atoms. The molecule has 6 rings (SSSR count). The third-order valence-electron chi connectivity index (χ3n) is 7.09. The van der Waals surface area contributed by atoms with Crippen LogP contribution in [0.15, 0.2) is 71.3 Å². The molecule has 2 heterocycles. The van der Waals surface area contributed by atoms with Crippen molar-refractivity contribution < 1.29 is 8.98 Å². The molecule has 0 unspecified atom stereocenters. The van der Waals surface area contributed by atoms with Crippen LogP contribution in [0.4, 0.5) is 0 Å². The second-order valence-electron chi connectivity index (χ2n) is 9.47. The molecule has 1 aliphatic carbocycles. The quantitative estimate of drug-likeness (QED) is 0.275. The monoisotopic (exact) mass is 404 g/mol. The Balaban J connectivity index is 1.76. The van der Waals surface area contributed by atoms with E-state index in [2.05, 4.69) is 106 Å². The van der Waals surface area contributed by atoms with Crippen LogP contribution in [-0.2, 0) is 12.5 Å². The summed E-state index contributed by atoms with van der Waals surface area (Å²) in [6, 6.07) is 22.1. The third-order valence-corrected chi connectivity index (χ3v) is 7.09. The van der Waals surface area contributed by atoms with Gasteiger partial charge in [0.2, 0.25) is 5.69 Å². The first-order valence-electron chi connectivity index (χ1n) is 10.9. The molecule has 5 aromatic rings. The normalized spacial score (nSPS) is 14.2. The fraction of sp³-hybridized carbons (Fsp3) is 0.207. The maximum atomic E-state index is 6.62. The van der Waals surface area contributed by atoms with Crippen LogP contribution in [0.2, 0.25) is 0 Å². The van der Waals surface area contributed by atoms with Crippen LogP contribution in [0, 0.1) is 13.8 Å². The predicted molar refractivity (Wildman–Crippen MR) is 127 cm³/mol. The molecule has 0 fully saturated rings. The average molecular weight is 405 g/mol. The van der Waals surface area contributed by atoms with Gasteiger partial charge in [-0.05, 0) is 53.3 Å².